The van der Waals surface area contributed by atoms with Gasteiger partial charge >= 0.3 is 0 Å². The average Bonchev–Trinajstić information content (AvgIpc) is 2.94. The van der Waals surface area contributed by atoms with Gasteiger partial charge in [-0.1, -0.05) is 30.3 Å². The summed E-state index contributed by atoms with van der Waals surface area (Å²) in [6, 6.07) is 11.4. The normalized spacial score (nSPS) is 12.3. The van der Waals surface area contributed by atoms with Crippen molar-refractivity contribution in [3.05, 3.63) is 59.4 Å². The predicted molar refractivity (Wildman–Crippen MR) is 87.1 cm³/mol. The number of aliphatic hydroxyl groups excluding tert-OH is 1. The lowest BCUT2D eigenvalue weighted by Gasteiger charge is -2.12. The van der Waals surface area contributed by atoms with E-state index < -0.39 is 6.10 Å². The number of hydrogen-bond acceptors (Lipinski definition) is 4. The number of hydrogen-bond donors (Lipinski definition) is 3. The Balaban J connectivity index is 1.60. The summed E-state index contributed by atoms with van der Waals surface area (Å²) in [5.41, 5.74) is 2.94. The van der Waals surface area contributed by atoms with Crippen LogP contribution in [0.3, 0.4) is 0 Å². The maximum Gasteiger partial charge on any atom is 0.252 e. The number of nitrogens with zero attached hydrogens (tertiary/aromatic N) is 2. The number of pyridine rings is 1. The molecule has 3 N–H and O–H groups in total. The number of rotatable bonds is 5. The molecule has 0 fully saturated rings. The van der Waals surface area contributed by atoms with E-state index in [-0.39, 0.29) is 12.5 Å². The van der Waals surface area contributed by atoms with Gasteiger partial charge in [-0.2, -0.15) is 5.10 Å². The highest BCUT2D eigenvalue weighted by Gasteiger charge is 2.12. The molecule has 118 valence electrons. The van der Waals surface area contributed by atoms with Gasteiger partial charge in [0.25, 0.3) is 5.91 Å². The number of nitrogens with one attached hydrogen (secondary N) is 2. The number of amides is 1. The molecular weight excluding hydrogens is 292 g/mol. The number of carbonyl (C=O) groups excluding carboxylic acids is 1. The molecule has 0 aliphatic rings. The van der Waals surface area contributed by atoms with Crippen LogP contribution >= 0.6 is 0 Å². The second-order valence-electron chi connectivity index (χ2n) is 5.50. The van der Waals surface area contributed by atoms with Gasteiger partial charge in [-0.25, -0.2) is 4.98 Å². The molecule has 0 saturated heterocycles. The zero-order valence-electron chi connectivity index (χ0n) is 12.8. The summed E-state index contributed by atoms with van der Waals surface area (Å²) in [4.78, 5) is 16.3. The van der Waals surface area contributed by atoms with E-state index >= 15 is 0 Å². The predicted octanol–water partition coefficient (Wildman–Crippen LogP) is 1.60. The zero-order valence-corrected chi connectivity index (χ0v) is 12.8. The number of aliphatic hydroxyl groups is 1. The molecule has 0 bridgehead atoms. The summed E-state index contributed by atoms with van der Waals surface area (Å²) in [5, 5.41) is 20.5. The minimum Gasteiger partial charge on any atom is -0.391 e. The van der Waals surface area contributed by atoms with Gasteiger partial charge in [0, 0.05) is 30.2 Å². The van der Waals surface area contributed by atoms with Gasteiger partial charge in [-0.05, 0) is 18.6 Å². The molecule has 3 aromatic rings. The molecule has 6 heteroatoms. The molecule has 0 saturated carbocycles. The maximum absolute atomic E-state index is 12.2. The third kappa shape index (κ3) is 3.54. The second kappa shape index (κ2) is 6.58. The van der Waals surface area contributed by atoms with Crippen molar-refractivity contribution < 1.29 is 9.90 Å². The van der Waals surface area contributed by atoms with Crippen LogP contribution in [0.1, 0.15) is 21.6 Å². The molecule has 0 aliphatic carbocycles. The first-order valence-electron chi connectivity index (χ1n) is 7.44. The first kappa shape index (κ1) is 15.2. The first-order valence-corrected chi connectivity index (χ1v) is 7.44. The molecular formula is C17H18N4O2. The van der Waals surface area contributed by atoms with Crippen molar-refractivity contribution in [2.45, 2.75) is 19.4 Å². The largest absolute Gasteiger partial charge is 0.391 e. The van der Waals surface area contributed by atoms with Crippen LogP contribution in [0.4, 0.5) is 0 Å². The SMILES string of the molecule is Cc1[nH]nc2ncc(C(=O)NCC(O)Cc3ccccc3)cc12. The highest BCUT2D eigenvalue weighted by molar-refractivity contribution is 5.97. The monoisotopic (exact) mass is 310 g/mol. The molecule has 0 radical (unpaired) electrons. The molecule has 0 aliphatic heterocycles. The van der Waals surface area contributed by atoms with E-state index in [0.717, 1.165) is 16.6 Å². The Morgan fingerprint density at radius 1 is 1.35 bits per heavy atom. The number of benzene rings is 1. The fraction of sp³-hybridized carbons (Fsp3) is 0.235. The standard InChI is InChI=1S/C17H18N4O2/c1-11-15-8-13(9-18-16(15)21-20-11)17(23)19-10-14(22)7-12-5-3-2-4-6-12/h2-6,8-9,14,22H,7,10H2,1H3,(H,19,23)(H,18,20,21). The topological polar surface area (TPSA) is 90.9 Å². The third-order valence-electron chi connectivity index (χ3n) is 3.67. The molecule has 2 heterocycles. The summed E-state index contributed by atoms with van der Waals surface area (Å²) in [6.45, 7) is 2.07. The molecule has 1 atom stereocenters. The fourth-order valence-corrected chi connectivity index (χ4v) is 2.41. The van der Waals surface area contributed by atoms with Crippen LogP contribution in [0.15, 0.2) is 42.6 Å². The van der Waals surface area contributed by atoms with Gasteiger partial charge in [0.1, 0.15) is 0 Å². The summed E-state index contributed by atoms with van der Waals surface area (Å²) < 4.78 is 0. The summed E-state index contributed by atoms with van der Waals surface area (Å²) in [6.07, 6.45) is 1.36. The van der Waals surface area contributed by atoms with Crippen LogP contribution in [-0.2, 0) is 6.42 Å². The number of aromatic amines is 1. The van der Waals surface area contributed by atoms with Crippen molar-refractivity contribution in [2.24, 2.45) is 0 Å². The van der Waals surface area contributed by atoms with E-state index in [2.05, 4.69) is 20.5 Å². The van der Waals surface area contributed by atoms with E-state index in [0.29, 0.717) is 17.6 Å². The Labute approximate surface area is 133 Å². The van der Waals surface area contributed by atoms with Crippen molar-refractivity contribution in [1.29, 1.82) is 0 Å². The maximum atomic E-state index is 12.2. The van der Waals surface area contributed by atoms with Crippen molar-refractivity contribution in [3.8, 4) is 0 Å². The third-order valence-corrected chi connectivity index (χ3v) is 3.67. The van der Waals surface area contributed by atoms with E-state index in [1.807, 2.05) is 37.3 Å². The van der Waals surface area contributed by atoms with Crippen molar-refractivity contribution in [2.75, 3.05) is 6.54 Å². The number of aromatic nitrogens is 3. The Bertz CT molecular complexity index is 814. The molecule has 3 rings (SSSR count). The van der Waals surface area contributed by atoms with Crippen LogP contribution in [0.2, 0.25) is 0 Å². The minimum absolute atomic E-state index is 0.191. The van der Waals surface area contributed by atoms with E-state index in [9.17, 15) is 9.90 Å². The molecule has 23 heavy (non-hydrogen) atoms. The van der Waals surface area contributed by atoms with Gasteiger partial charge in [-0.3, -0.25) is 9.89 Å². The second-order valence-corrected chi connectivity index (χ2v) is 5.50. The van der Waals surface area contributed by atoms with Crippen LogP contribution in [0.25, 0.3) is 11.0 Å². The molecule has 2 aromatic heterocycles. The van der Waals surface area contributed by atoms with Gasteiger partial charge in [0.05, 0.1) is 11.7 Å². The fourth-order valence-electron chi connectivity index (χ4n) is 2.41. The average molecular weight is 310 g/mol. The first-order chi connectivity index (χ1) is 11.1. The molecule has 6 nitrogen and oxygen atoms in total. The molecule has 0 spiro atoms. The minimum atomic E-state index is -0.631. The molecule has 1 aromatic carbocycles. The van der Waals surface area contributed by atoms with Crippen LogP contribution in [0.5, 0.6) is 0 Å². The summed E-state index contributed by atoms with van der Waals surface area (Å²) >= 11 is 0. The van der Waals surface area contributed by atoms with Crippen molar-refractivity contribution in [1.82, 2.24) is 20.5 Å². The van der Waals surface area contributed by atoms with Crippen LogP contribution < -0.4 is 5.32 Å². The van der Waals surface area contributed by atoms with Crippen LogP contribution in [-0.4, -0.2) is 38.8 Å². The summed E-state index contributed by atoms with van der Waals surface area (Å²) in [5.74, 6) is -0.257. The zero-order chi connectivity index (χ0) is 16.2. The van der Waals surface area contributed by atoms with Crippen LogP contribution in [0, 0.1) is 6.92 Å². The molecule has 1 unspecified atom stereocenters. The van der Waals surface area contributed by atoms with E-state index in [1.54, 1.807) is 6.07 Å². The number of H-pyrrole nitrogens is 1. The lowest BCUT2D eigenvalue weighted by Crippen LogP contribution is -2.33. The Morgan fingerprint density at radius 2 is 2.13 bits per heavy atom. The Hall–Kier alpha value is -2.73. The van der Waals surface area contributed by atoms with E-state index in [4.69, 9.17) is 0 Å². The number of aryl methyl sites for hydroxylation is 1. The smallest absolute Gasteiger partial charge is 0.252 e. The number of fused-ring (bicyclic) bond motifs is 1. The highest BCUT2D eigenvalue weighted by Crippen LogP contribution is 2.14. The Kier molecular flexibility index (Phi) is 4.34. The lowest BCUT2D eigenvalue weighted by atomic mass is 10.1. The van der Waals surface area contributed by atoms with Crippen molar-refractivity contribution >= 4 is 16.9 Å². The summed E-state index contributed by atoms with van der Waals surface area (Å²) in [7, 11) is 0. The Morgan fingerprint density at radius 3 is 2.91 bits per heavy atom. The number of carbonyl (C=O) groups is 1. The van der Waals surface area contributed by atoms with Gasteiger partial charge in [0.2, 0.25) is 0 Å². The van der Waals surface area contributed by atoms with E-state index in [1.165, 1.54) is 6.20 Å². The quantitative estimate of drug-likeness (QED) is 0.667. The molecule has 1 amide bonds. The highest BCUT2D eigenvalue weighted by atomic mass is 16.3. The lowest BCUT2D eigenvalue weighted by molar-refractivity contribution is 0.0916. The van der Waals surface area contributed by atoms with Gasteiger partial charge in [0.15, 0.2) is 5.65 Å². The van der Waals surface area contributed by atoms with Gasteiger partial charge < -0.3 is 10.4 Å². The van der Waals surface area contributed by atoms with Gasteiger partial charge in [-0.15, -0.1) is 0 Å². The van der Waals surface area contributed by atoms with Crippen molar-refractivity contribution in [3.63, 3.8) is 0 Å².